The molecule has 3 aliphatic carbocycles. The SMILES string of the molecule is C=C[C@@H]1[C@@H](OC(=O)c2ccccc2)[C@H]2[C@](O)(C(=O)[C@@]1(C)O)[C@H](OC(C)=O)C[C@H]1C(C)(C)[C@H](O)[C@@H](OC(C)=O)[C@@H](OC(=O)c3ccccc3)[C@@]12C. The number of benzene rings is 2. The molecule has 2 aromatic carbocycles. The first kappa shape index (κ1) is 36.9. The van der Waals surface area contributed by atoms with Crippen LogP contribution in [0, 0.1) is 28.6 Å². The van der Waals surface area contributed by atoms with Crippen molar-refractivity contribution in [2.45, 2.75) is 89.7 Å². The van der Waals surface area contributed by atoms with Crippen LogP contribution in [0.25, 0.3) is 0 Å². The monoisotopic (exact) mass is 692 g/mol. The Morgan fingerprint density at radius 3 is 1.76 bits per heavy atom. The van der Waals surface area contributed by atoms with Gasteiger partial charge in [-0.3, -0.25) is 14.4 Å². The zero-order chi connectivity index (χ0) is 37.0. The highest BCUT2D eigenvalue weighted by Gasteiger charge is 2.80. The third-order valence-corrected chi connectivity index (χ3v) is 11.2. The van der Waals surface area contributed by atoms with Gasteiger partial charge in [0.1, 0.15) is 30.0 Å². The van der Waals surface area contributed by atoms with Crippen molar-refractivity contribution in [3.05, 3.63) is 84.4 Å². The first-order valence-corrected chi connectivity index (χ1v) is 16.5. The van der Waals surface area contributed by atoms with Crippen molar-refractivity contribution in [2.24, 2.45) is 28.6 Å². The Balaban J connectivity index is 1.82. The molecule has 2 aromatic rings. The molecule has 0 heterocycles. The van der Waals surface area contributed by atoms with Gasteiger partial charge in [0, 0.05) is 25.2 Å². The summed E-state index contributed by atoms with van der Waals surface area (Å²) in [4.78, 5) is 67.4. The second kappa shape index (κ2) is 13.1. The number of hydrogen-bond acceptors (Lipinski definition) is 12. The molecule has 0 unspecified atom stereocenters. The third kappa shape index (κ3) is 5.72. The molecule has 3 aliphatic rings. The van der Waals surface area contributed by atoms with Crippen molar-refractivity contribution in [1.82, 2.24) is 0 Å². The molecule has 11 atom stereocenters. The minimum Gasteiger partial charge on any atom is -0.459 e. The molecule has 268 valence electrons. The van der Waals surface area contributed by atoms with E-state index < -0.39 is 100.0 Å². The van der Waals surface area contributed by atoms with E-state index in [4.69, 9.17) is 18.9 Å². The van der Waals surface area contributed by atoms with Crippen molar-refractivity contribution >= 4 is 29.7 Å². The lowest BCUT2D eigenvalue weighted by Gasteiger charge is -2.69. The summed E-state index contributed by atoms with van der Waals surface area (Å²) < 4.78 is 23.8. The summed E-state index contributed by atoms with van der Waals surface area (Å²) in [5.74, 6) is -8.37. The number of carbonyl (C=O) groups excluding carboxylic acids is 5. The van der Waals surface area contributed by atoms with Crippen LogP contribution in [-0.4, -0.2) is 86.7 Å². The molecule has 3 N–H and O–H groups in total. The van der Waals surface area contributed by atoms with E-state index in [9.17, 15) is 39.3 Å². The number of Topliss-reactive ketones (excluding diaryl/α,β-unsaturated/α-hetero) is 1. The van der Waals surface area contributed by atoms with Gasteiger partial charge in [-0.15, -0.1) is 6.58 Å². The van der Waals surface area contributed by atoms with E-state index in [2.05, 4.69) is 6.58 Å². The molecular weight excluding hydrogens is 648 g/mol. The van der Waals surface area contributed by atoms with Gasteiger partial charge >= 0.3 is 23.9 Å². The number of aliphatic hydroxyl groups excluding tert-OH is 1. The Morgan fingerprint density at radius 1 is 0.780 bits per heavy atom. The second-order valence-corrected chi connectivity index (χ2v) is 14.6. The van der Waals surface area contributed by atoms with Gasteiger partial charge in [0.2, 0.25) is 0 Å². The molecule has 12 heteroatoms. The van der Waals surface area contributed by atoms with Crippen molar-refractivity contribution in [1.29, 1.82) is 0 Å². The summed E-state index contributed by atoms with van der Waals surface area (Å²) in [6.07, 6.45) is -6.83. The molecule has 0 saturated heterocycles. The molecule has 0 radical (unpaired) electrons. The van der Waals surface area contributed by atoms with Crippen LogP contribution in [0.15, 0.2) is 73.3 Å². The fraction of sp³-hybridized carbons (Fsp3) is 0.500. The van der Waals surface area contributed by atoms with Gasteiger partial charge in [-0.2, -0.15) is 0 Å². The summed E-state index contributed by atoms with van der Waals surface area (Å²) in [5.41, 5.74) is -7.88. The highest BCUT2D eigenvalue weighted by molar-refractivity contribution is 5.98. The fourth-order valence-electron chi connectivity index (χ4n) is 9.02. The van der Waals surface area contributed by atoms with Crippen LogP contribution in [0.3, 0.4) is 0 Å². The Hall–Kier alpha value is -4.39. The number of aliphatic hydroxyl groups is 3. The lowest BCUT2D eigenvalue weighted by atomic mass is 9.38. The van der Waals surface area contributed by atoms with Gasteiger partial charge < -0.3 is 34.3 Å². The standard InChI is InChI=1S/C38H44O12/c1-8-24-27(49-32(42)22-15-11-9-12-16-22)29-36(6)25(19-26(47-20(2)39)38(29,46)34(44)37(24,7)45)35(4,5)30(41)28(48-21(3)40)31(36)50-33(43)23-17-13-10-14-18-23/h8-18,24-31,41,45-46H,1,19H2,2-7H3/t24-,25+,26-,27-,28-,29-,30-,31-,36+,37+,38+/m1/s1. The molecule has 3 saturated carbocycles. The fourth-order valence-corrected chi connectivity index (χ4v) is 9.02. The molecule has 3 fully saturated rings. The normalized spacial score (nSPS) is 37.3. The quantitative estimate of drug-likeness (QED) is 0.219. The van der Waals surface area contributed by atoms with Gasteiger partial charge in [-0.05, 0) is 48.9 Å². The Morgan fingerprint density at radius 2 is 1.28 bits per heavy atom. The smallest absolute Gasteiger partial charge is 0.338 e. The lowest BCUT2D eigenvalue weighted by Crippen LogP contribution is -2.83. The van der Waals surface area contributed by atoms with Gasteiger partial charge in [0.15, 0.2) is 17.5 Å². The third-order valence-electron chi connectivity index (χ3n) is 11.2. The van der Waals surface area contributed by atoms with Crippen molar-refractivity contribution < 1.29 is 58.2 Å². The topological polar surface area (TPSA) is 183 Å². The first-order chi connectivity index (χ1) is 23.3. The maximum atomic E-state index is 14.6. The van der Waals surface area contributed by atoms with Crippen LogP contribution < -0.4 is 0 Å². The molecule has 0 aliphatic heterocycles. The number of ether oxygens (including phenoxy) is 4. The Labute approximate surface area is 290 Å². The van der Waals surface area contributed by atoms with Crippen LogP contribution in [0.2, 0.25) is 0 Å². The van der Waals surface area contributed by atoms with Crippen molar-refractivity contribution in [2.75, 3.05) is 0 Å². The summed E-state index contributed by atoms with van der Waals surface area (Å²) >= 11 is 0. The summed E-state index contributed by atoms with van der Waals surface area (Å²) in [7, 11) is 0. The maximum Gasteiger partial charge on any atom is 0.338 e. The molecule has 0 amide bonds. The number of carbonyl (C=O) groups is 5. The van der Waals surface area contributed by atoms with E-state index in [1.165, 1.54) is 30.3 Å². The van der Waals surface area contributed by atoms with E-state index >= 15 is 0 Å². The first-order valence-electron chi connectivity index (χ1n) is 16.5. The lowest BCUT2D eigenvalue weighted by molar-refractivity contribution is -0.320. The highest BCUT2D eigenvalue weighted by atomic mass is 16.6. The summed E-state index contributed by atoms with van der Waals surface area (Å²) in [5, 5.41) is 36.7. The maximum absolute atomic E-state index is 14.6. The number of hydrogen-bond donors (Lipinski definition) is 3. The molecule has 0 spiro atoms. The molecule has 0 bridgehead atoms. The zero-order valence-corrected chi connectivity index (χ0v) is 28.9. The van der Waals surface area contributed by atoms with E-state index in [-0.39, 0.29) is 17.5 Å². The van der Waals surface area contributed by atoms with Crippen LogP contribution in [0.4, 0.5) is 0 Å². The van der Waals surface area contributed by atoms with Gasteiger partial charge in [-0.25, -0.2) is 9.59 Å². The highest BCUT2D eigenvalue weighted by Crippen LogP contribution is 2.67. The van der Waals surface area contributed by atoms with Crippen LogP contribution in [-0.2, 0) is 33.3 Å². The van der Waals surface area contributed by atoms with Crippen molar-refractivity contribution in [3.63, 3.8) is 0 Å². The van der Waals surface area contributed by atoms with E-state index in [1.807, 2.05) is 0 Å². The Kier molecular flexibility index (Phi) is 9.63. The van der Waals surface area contributed by atoms with Crippen molar-refractivity contribution in [3.8, 4) is 0 Å². The van der Waals surface area contributed by atoms with E-state index in [0.717, 1.165) is 20.8 Å². The van der Waals surface area contributed by atoms with Gasteiger partial charge in [0.05, 0.1) is 17.0 Å². The van der Waals surface area contributed by atoms with Crippen LogP contribution >= 0.6 is 0 Å². The van der Waals surface area contributed by atoms with Gasteiger partial charge in [0.25, 0.3) is 0 Å². The number of esters is 4. The summed E-state index contributed by atoms with van der Waals surface area (Å²) in [6.45, 7) is 12.2. The predicted molar refractivity (Wildman–Crippen MR) is 176 cm³/mol. The van der Waals surface area contributed by atoms with E-state index in [0.29, 0.717) is 0 Å². The summed E-state index contributed by atoms with van der Waals surface area (Å²) in [6, 6.07) is 15.8. The van der Waals surface area contributed by atoms with Gasteiger partial charge in [-0.1, -0.05) is 63.2 Å². The largest absolute Gasteiger partial charge is 0.459 e. The zero-order valence-electron chi connectivity index (χ0n) is 28.9. The average Bonchev–Trinajstić information content (AvgIpc) is 3.06. The van der Waals surface area contributed by atoms with Crippen LogP contribution in [0.1, 0.15) is 68.7 Å². The van der Waals surface area contributed by atoms with E-state index in [1.54, 1.807) is 57.2 Å². The minimum absolute atomic E-state index is 0.119. The predicted octanol–water partition coefficient (Wildman–Crippen LogP) is 3.21. The second-order valence-electron chi connectivity index (χ2n) is 14.6. The minimum atomic E-state index is -2.77. The molecular formula is C38H44O12. The number of fused-ring (bicyclic) bond motifs is 3. The average molecular weight is 693 g/mol. The number of rotatable bonds is 7. The molecule has 5 rings (SSSR count). The molecule has 50 heavy (non-hydrogen) atoms. The molecule has 0 aromatic heterocycles. The Bertz CT molecular complexity index is 1670. The number of ketones is 1. The van der Waals surface area contributed by atoms with Crippen LogP contribution in [0.5, 0.6) is 0 Å². The molecule has 12 nitrogen and oxygen atoms in total.